The summed E-state index contributed by atoms with van der Waals surface area (Å²) in [5.74, 6) is -0.294. The van der Waals surface area contributed by atoms with Gasteiger partial charge in [0.25, 0.3) is 0 Å². The Kier molecular flexibility index (Phi) is 4.89. The lowest BCUT2D eigenvalue weighted by molar-refractivity contribution is -0.117. The highest BCUT2D eigenvalue weighted by atomic mass is 31.2. The van der Waals surface area contributed by atoms with Crippen molar-refractivity contribution in [1.82, 2.24) is 14.4 Å². The summed E-state index contributed by atoms with van der Waals surface area (Å²) in [6.45, 7) is 0. The number of fused-ring (bicyclic) bond motifs is 1. The van der Waals surface area contributed by atoms with Gasteiger partial charge < -0.3 is 15.1 Å². The Morgan fingerprint density at radius 2 is 1.81 bits per heavy atom. The van der Waals surface area contributed by atoms with Gasteiger partial charge in [-0.3, -0.25) is 13.8 Å². The van der Waals surface area contributed by atoms with E-state index >= 15 is 0 Å². The number of hydrogen-bond donors (Lipinski definition) is 3. The third-order valence-corrected chi connectivity index (χ3v) is 6.05. The molecule has 32 heavy (non-hydrogen) atoms. The van der Waals surface area contributed by atoms with Crippen LogP contribution in [0.15, 0.2) is 60.8 Å². The molecule has 3 N–H and O–H groups in total. The minimum absolute atomic E-state index is 0.0324. The molecule has 3 heterocycles. The van der Waals surface area contributed by atoms with Gasteiger partial charge in [-0.25, -0.2) is 14.4 Å². The van der Waals surface area contributed by atoms with E-state index in [1.165, 1.54) is 0 Å². The maximum atomic E-state index is 14.0. The number of imidazole rings is 1. The number of carbonyl (C=O) groups excluding carboxylic acids is 1. The molecule has 1 amide bonds. The highest BCUT2D eigenvalue weighted by Crippen LogP contribution is 2.34. The maximum absolute atomic E-state index is 14.0. The van der Waals surface area contributed by atoms with E-state index in [1.54, 1.807) is 24.4 Å². The number of nitrogens with zero attached hydrogens (tertiary/aromatic N) is 3. The van der Waals surface area contributed by atoms with Crippen LogP contribution in [0.3, 0.4) is 0 Å². The number of benzene rings is 1. The standard InChI is InChI=1S/C22H18FN4O4P/c23-16-10-17(24-21(11-16)32(29,30)31)14-3-1-4-15(9-14)18-5-2-6-20-25-19(12-27(18)20)26-22(28)13-7-8-13/h1-6,9-13H,7-8H2,(H,26,28)(H2,29,30,31). The summed E-state index contributed by atoms with van der Waals surface area (Å²) in [6, 6.07) is 14.4. The quantitative estimate of drug-likeness (QED) is 0.400. The first-order valence-electron chi connectivity index (χ1n) is 9.91. The van der Waals surface area contributed by atoms with Crippen LogP contribution in [-0.4, -0.2) is 30.1 Å². The number of carbonyl (C=O) groups is 1. The lowest BCUT2D eigenvalue weighted by Gasteiger charge is -2.10. The normalized spacial score (nSPS) is 14.0. The van der Waals surface area contributed by atoms with Crippen molar-refractivity contribution < 1.29 is 23.5 Å². The van der Waals surface area contributed by atoms with E-state index in [0.717, 1.165) is 36.2 Å². The molecule has 1 fully saturated rings. The predicted octanol–water partition coefficient (Wildman–Crippen LogP) is 3.35. The molecular weight excluding hydrogens is 434 g/mol. The average Bonchev–Trinajstić information content (AvgIpc) is 3.52. The van der Waals surface area contributed by atoms with Gasteiger partial charge in [-0.1, -0.05) is 24.3 Å². The van der Waals surface area contributed by atoms with Crippen molar-refractivity contribution in [2.45, 2.75) is 12.8 Å². The van der Waals surface area contributed by atoms with Crippen LogP contribution in [0.1, 0.15) is 12.8 Å². The fraction of sp³-hybridized carbons (Fsp3) is 0.136. The van der Waals surface area contributed by atoms with Crippen molar-refractivity contribution in [3.63, 3.8) is 0 Å². The fourth-order valence-corrected chi connectivity index (χ4v) is 4.03. The molecule has 1 aliphatic rings. The summed E-state index contributed by atoms with van der Waals surface area (Å²) in [6.07, 6.45) is 3.54. The first-order chi connectivity index (χ1) is 15.3. The second kappa shape index (κ2) is 7.63. The average molecular weight is 452 g/mol. The molecule has 8 nitrogen and oxygen atoms in total. The van der Waals surface area contributed by atoms with Crippen molar-refractivity contribution in [3.8, 4) is 22.5 Å². The van der Waals surface area contributed by atoms with Gasteiger partial charge in [0.1, 0.15) is 11.5 Å². The van der Waals surface area contributed by atoms with E-state index < -0.39 is 18.8 Å². The molecular formula is C22H18FN4O4P. The molecule has 10 heteroatoms. The largest absolute Gasteiger partial charge is 0.374 e. The topological polar surface area (TPSA) is 117 Å². The van der Waals surface area contributed by atoms with Crippen LogP contribution in [0.4, 0.5) is 10.2 Å². The number of nitrogens with one attached hydrogen (secondary N) is 1. The lowest BCUT2D eigenvalue weighted by atomic mass is 10.0. The van der Waals surface area contributed by atoms with Crippen molar-refractivity contribution >= 4 is 30.4 Å². The first-order valence-corrected chi connectivity index (χ1v) is 11.5. The van der Waals surface area contributed by atoms with Crippen LogP contribution in [0.25, 0.3) is 28.2 Å². The van der Waals surface area contributed by atoms with Crippen LogP contribution >= 0.6 is 7.60 Å². The van der Waals surface area contributed by atoms with Crippen LogP contribution in [0.2, 0.25) is 0 Å². The number of rotatable bonds is 5. The highest BCUT2D eigenvalue weighted by Gasteiger charge is 2.30. The van der Waals surface area contributed by atoms with Crippen molar-refractivity contribution in [1.29, 1.82) is 0 Å². The number of pyridine rings is 2. The van der Waals surface area contributed by atoms with Gasteiger partial charge in [0.15, 0.2) is 11.3 Å². The second-order valence-electron chi connectivity index (χ2n) is 7.68. The number of hydrogen-bond acceptors (Lipinski definition) is 4. The number of anilines is 1. The van der Waals surface area contributed by atoms with E-state index in [4.69, 9.17) is 0 Å². The third kappa shape index (κ3) is 4.05. The van der Waals surface area contributed by atoms with Crippen molar-refractivity contribution in [2.24, 2.45) is 5.92 Å². The second-order valence-corrected chi connectivity index (χ2v) is 9.23. The Morgan fingerprint density at radius 3 is 2.56 bits per heavy atom. The van der Waals surface area contributed by atoms with Crippen molar-refractivity contribution in [2.75, 3.05) is 5.32 Å². The van der Waals surface area contributed by atoms with Gasteiger partial charge >= 0.3 is 7.60 Å². The van der Waals surface area contributed by atoms with Gasteiger partial charge in [-0.15, -0.1) is 0 Å². The molecule has 1 aliphatic carbocycles. The molecule has 0 atom stereocenters. The molecule has 0 radical (unpaired) electrons. The lowest BCUT2D eigenvalue weighted by Crippen LogP contribution is -2.13. The zero-order valence-corrected chi connectivity index (χ0v) is 17.5. The maximum Gasteiger partial charge on any atom is 0.374 e. The van der Waals surface area contributed by atoms with Gasteiger partial charge in [0, 0.05) is 23.6 Å². The summed E-state index contributed by atoms with van der Waals surface area (Å²) in [7, 11) is -4.70. The summed E-state index contributed by atoms with van der Waals surface area (Å²) >= 11 is 0. The zero-order chi connectivity index (χ0) is 22.5. The molecule has 4 aromatic rings. The van der Waals surface area contributed by atoms with Crippen LogP contribution in [0, 0.1) is 11.7 Å². The Morgan fingerprint density at radius 1 is 1.06 bits per heavy atom. The van der Waals surface area contributed by atoms with Gasteiger partial charge in [-0.05, 0) is 36.6 Å². The molecule has 0 bridgehead atoms. The van der Waals surface area contributed by atoms with Crippen LogP contribution < -0.4 is 10.8 Å². The first kappa shape index (κ1) is 20.5. The third-order valence-electron chi connectivity index (χ3n) is 5.22. The Labute approximate surface area is 181 Å². The Hall–Kier alpha value is -3.39. The van der Waals surface area contributed by atoms with E-state index in [2.05, 4.69) is 15.3 Å². The predicted molar refractivity (Wildman–Crippen MR) is 117 cm³/mol. The van der Waals surface area contributed by atoms with E-state index in [9.17, 15) is 23.5 Å². The molecule has 1 saturated carbocycles. The summed E-state index contributed by atoms with van der Waals surface area (Å²) in [4.78, 5) is 39.3. The monoisotopic (exact) mass is 452 g/mol. The highest BCUT2D eigenvalue weighted by molar-refractivity contribution is 7.60. The minimum atomic E-state index is -4.70. The molecule has 0 unspecified atom stereocenters. The molecule has 0 spiro atoms. The van der Waals surface area contributed by atoms with Gasteiger partial charge in [0.2, 0.25) is 5.91 Å². The molecule has 5 rings (SSSR count). The molecule has 0 saturated heterocycles. The zero-order valence-electron chi connectivity index (χ0n) is 16.6. The van der Waals surface area contributed by atoms with Gasteiger partial charge in [0.05, 0.1) is 17.6 Å². The number of halogens is 1. The molecule has 162 valence electrons. The minimum Gasteiger partial charge on any atom is -0.320 e. The summed E-state index contributed by atoms with van der Waals surface area (Å²) in [5.41, 5.74) is 2.17. The fourth-order valence-electron chi connectivity index (χ4n) is 3.50. The number of amides is 1. The molecule has 0 aliphatic heterocycles. The van der Waals surface area contributed by atoms with E-state index in [1.807, 2.05) is 28.7 Å². The SMILES string of the molecule is O=C(Nc1cn2c(-c3cccc(-c4cc(F)cc(P(=O)(O)O)n4)c3)cccc2n1)C1CC1. The Bertz CT molecular complexity index is 1410. The summed E-state index contributed by atoms with van der Waals surface area (Å²) < 4.78 is 27.4. The van der Waals surface area contributed by atoms with Crippen LogP contribution in [-0.2, 0) is 9.36 Å². The van der Waals surface area contributed by atoms with E-state index in [0.29, 0.717) is 17.0 Å². The van der Waals surface area contributed by atoms with Gasteiger partial charge in [-0.2, -0.15) is 0 Å². The summed E-state index contributed by atoms with van der Waals surface area (Å²) in [5, 5.41) is 2.84. The van der Waals surface area contributed by atoms with Crippen LogP contribution in [0.5, 0.6) is 0 Å². The molecule has 3 aromatic heterocycles. The Balaban J connectivity index is 1.55. The van der Waals surface area contributed by atoms with E-state index in [-0.39, 0.29) is 17.5 Å². The molecule has 1 aromatic carbocycles. The smallest absolute Gasteiger partial charge is 0.320 e. The number of aromatic nitrogens is 3. The van der Waals surface area contributed by atoms with Crippen molar-refractivity contribution in [3.05, 3.63) is 66.6 Å².